The fraction of sp³-hybridized carbons (Fsp3) is 0.480. The molecular weight excluding hydrogens is 422 g/mol. The largest absolute Gasteiger partial charge is 0.444 e. The maximum absolute atomic E-state index is 13.2. The summed E-state index contributed by atoms with van der Waals surface area (Å²) in [6.45, 7) is 11.6. The number of hydrogen-bond acceptors (Lipinski definition) is 5. The highest BCUT2D eigenvalue weighted by Crippen LogP contribution is 2.31. The van der Waals surface area contributed by atoms with Crippen LogP contribution in [0.3, 0.4) is 0 Å². The smallest absolute Gasteiger partial charge is 0.407 e. The lowest BCUT2D eigenvalue weighted by Crippen LogP contribution is -2.42. The number of aryl methyl sites for hydroxylation is 2. The van der Waals surface area contributed by atoms with E-state index in [-0.39, 0.29) is 12.0 Å². The number of carbonyl (C=O) groups is 2. The highest BCUT2D eigenvalue weighted by Gasteiger charge is 2.26. The second kappa shape index (κ2) is 10.4. The number of rotatable bonds is 5. The van der Waals surface area contributed by atoms with Gasteiger partial charge in [-0.2, -0.15) is 0 Å². The van der Waals surface area contributed by atoms with Crippen molar-refractivity contribution in [2.24, 2.45) is 5.92 Å². The number of pyridine rings is 1. The van der Waals surface area contributed by atoms with Gasteiger partial charge in [0.05, 0.1) is 5.56 Å². The first-order valence-electron chi connectivity index (χ1n) is 11.1. The molecule has 1 fully saturated rings. The lowest BCUT2D eigenvalue weighted by molar-refractivity contribution is 0.0500. The number of nitrogens with zero attached hydrogens (tertiary/aromatic N) is 2. The minimum absolute atomic E-state index is 0.0167. The second-order valence-corrected chi connectivity index (χ2v) is 10.4. The van der Waals surface area contributed by atoms with Gasteiger partial charge in [-0.1, -0.05) is 17.8 Å². The van der Waals surface area contributed by atoms with Crippen molar-refractivity contribution in [2.45, 2.75) is 63.0 Å². The topological polar surface area (TPSA) is 71.5 Å². The lowest BCUT2D eigenvalue weighted by Gasteiger charge is -2.32. The van der Waals surface area contributed by atoms with E-state index in [0.717, 1.165) is 22.8 Å². The standard InChI is InChI=1S/C25H33N3O3S/c1-17-8-9-20(15-18(17)2)32-22-21(7-6-12-26-22)23(29)28-13-10-19(11-14-28)16-27-24(30)31-25(3,4)5/h6-9,12,15,19H,10-11,13-14,16H2,1-5H3,(H,27,30). The molecule has 1 aliphatic rings. The van der Waals surface area contributed by atoms with E-state index in [1.807, 2.05) is 37.8 Å². The predicted molar refractivity (Wildman–Crippen MR) is 127 cm³/mol. The van der Waals surface area contributed by atoms with Crippen molar-refractivity contribution in [3.63, 3.8) is 0 Å². The number of alkyl carbamates (subject to hydrolysis) is 1. The number of carbonyl (C=O) groups excluding carboxylic acids is 2. The average molecular weight is 456 g/mol. The molecule has 2 aromatic rings. The fourth-order valence-electron chi connectivity index (χ4n) is 3.58. The number of piperidine rings is 1. The van der Waals surface area contributed by atoms with Gasteiger partial charge in [-0.25, -0.2) is 9.78 Å². The van der Waals surface area contributed by atoms with E-state index >= 15 is 0 Å². The molecule has 2 amide bonds. The van der Waals surface area contributed by atoms with E-state index in [0.29, 0.717) is 31.1 Å². The molecule has 1 aromatic carbocycles. The Bertz CT molecular complexity index is 963. The van der Waals surface area contributed by atoms with Crippen molar-refractivity contribution in [1.29, 1.82) is 0 Å². The van der Waals surface area contributed by atoms with E-state index in [4.69, 9.17) is 4.74 Å². The normalized spacial score (nSPS) is 14.8. The van der Waals surface area contributed by atoms with Gasteiger partial charge in [-0.15, -0.1) is 0 Å². The molecule has 6 nitrogen and oxygen atoms in total. The van der Waals surface area contributed by atoms with Gasteiger partial charge in [0.25, 0.3) is 5.91 Å². The third-order valence-electron chi connectivity index (χ3n) is 5.53. The molecule has 0 bridgehead atoms. The van der Waals surface area contributed by atoms with Crippen LogP contribution in [-0.2, 0) is 4.74 Å². The maximum Gasteiger partial charge on any atom is 0.407 e. The van der Waals surface area contributed by atoms with Gasteiger partial charge < -0.3 is 15.0 Å². The Morgan fingerprint density at radius 2 is 1.88 bits per heavy atom. The van der Waals surface area contributed by atoms with E-state index in [1.165, 1.54) is 22.9 Å². The summed E-state index contributed by atoms with van der Waals surface area (Å²) in [6.07, 6.45) is 3.04. The van der Waals surface area contributed by atoms with Gasteiger partial charge in [0, 0.05) is 30.7 Å². The van der Waals surface area contributed by atoms with Gasteiger partial charge in [0.2, 0.25) is 0 Å². The molecule has 1 aromatic heterocycles. The van der Waals surface area contributed by atoms with Crippen molar-refractivity contribution < 1.29 is 14.3 Å². The van der Waals surface area contributed by atoms with E-state index < -0.39 is 5.60 Å². The third kappa shape index (κ3) is 6.73. The third-order valence-corrected chi connectivity index (χ3v) is 6.54. The Balaban J connectivity index is 1.57. The summed E-state index contributed by atoms with van der Waals surface area (Å²) in [6, 6.07) is 9.97. The number of amides is 2. The Kier molecular flexibility index (Phi) is 7.82. The van der Waals surface area contributed by atoms with Crippen molar-refractivity contribution >= 4 is 23.8 Å². The van der Waals surface area contributed by atoms with E-state index in [1.54, 1.807) is 6.20 Å². The first kappa shape index (κ1) is 24.1. The van der Waals surface area contributed by atoms with Crippen LogP contribution < -0.4 is 5.32 Å². The molecule has 0 atom stereocenters. The lowest BCUT2D eigenvalue weighted by atomic mass is 9.96. The summed E-state index contributed by atoms with van der Waals surface area (Å²) >= 11 is 1.53. The Morgan fingerprint density at radius 3 is 2.53 bits per heavy atom. The van der Waals surface area contributed by atoms with Crippen molar-refractivity contribution in [3.05, 3.63) is 53.2 Å². The van der Waals surface area contributed by atoms with Gasteiger partial charge in [-0.05, 0) is 88.8 Å². The zero-order valence-corrected chi connectivity index (χ0v) is 20.4. The molecule has 0 unspecified atom stereocenters. The summed E-state index contributed by atoms with van der Waals surface area (Å²) in [5, 5.41) is 3.58. The number of benzene rings is 1. The molecule has 0 aliphatic carbocycles. The summed E-state index contributed by atoms with van der Waals surface area (Å²) in [5.74, 6) is 0.354. The Hall–Kier alpha value is -2.54. The van der Waals surface area contributed by atoms with Crippen LogP contribution in [0.1, 0.15) is 55.1 Å². The predicted octanol–water partition coefficient (Wildman–Crippen LogP) is 5.23. The van der Waals surface area contributed by atoms with Crippen LogP contribution in [0, 0.1) is 19.8 Å². The molecule has 2 heterocycles. The molecule has 172 valence electrons. The van der Waals surface area contributed by atoms with Crippen LogP contribution in [-0.4, -0.2) is 47.1 Å². The molecule has 1 saturated heterocycles. The Morgan fingerprint density at radius 1 is 1.16 bits per heavy atom. The summed E-state index contributed by atoms with van der Waals surface area (Å²) in [7, 11) is 0. The van der Waals surface area contributed by atoms with Crippen molar-refractivity contribution in [1.82, 2.24) is 15.2 Å². The highest BCUT2D eigenvalue weighted by molar-refractivity contribution is 7.99. The zero-order chi connectivity index (χ0) is 23.3. The highest BCUT2D eigenvalue weighted by atomic mass is 32.2. The van der Waals surface area contributed by atoms with Crippen LogP contribution >= 0.6 is 11.8 Å². The van der Waals surface area contributed by atoms with Crippen molar-refractivity contribution in [3.8, 4) is 0 Å². The quantitative estimate of drug-likeness (QED) is 0.669. The van der Waals surface area contributed by atoms with Crippen LogP contribution in [0.4, 0.5) is 4.79 Å². The fourth-order valence-corrected chi connectivity index (χ4v) is 4.55. The molecule has 3 rings (SSSR count). The molecule has 0 spiro atoms. The van der Waals surface area contributed by atoms with Gasteiger partial charge in [-0.3, -0.25) is 4.79 Å². The molecule has 7 heteroatoms. The van der Waals surface area contributed by atoms with Crippen LogP contribution in [0.25, 0.3) is 0 Å². The van der Waals surface area contributed by atoms with Crippen molar-refractivity contribution in [2.75, 3.05) is 19.6 Å². The summed E-state index contributed by atoms with van der Waals surface area (Å²) < 4.78 is 5.30. The summed E-state index contributed by atoms with van der Waals surface area (Å²) in [4.78, 5) is 32.6. The number of likely N-dealkylation sites (tertiary alicyclic amines) is 1. The number of aromatic nitrogens is 1. The van der Waals surface area contributed by atoms with Gasteiger partial charge >= 0.3 is 6.09 Å². The Labute approximate surface area is 195 Å². The number of hydrogen-bond donors (Lipinski definition) is 1. The first-order valence-corrected chi connectivity index (χ1v) is 11.9. The van der Waals surface area contributed by atoms with Gasteiger partial charge in [0.1, 0.15) is 10.6 Å². The molecular formula is C25H33N3O3S. The second-order valence-electron chi connectivity index (χ2n) is 9.32. The molecule has 1 aliphatic heterocycles. The average Bonchev–Trinajstić information content (AvgIpc) is 2.74. The minimum atomic E-state index is -0.503. The summed E-state index contributed by atoms with van der Waals surface area (Å²) in [5.41, 5.74) is 2.61. The SMILES string of the molecule is Cc1ccc(Sc2ncccc2C(=O)N2CCC(CNC(=O)OC(C)(C)C)CC2)cc1C. The number of nitrogens with one attached hydrogen (secondary N) is 1. The molecule has 0 radical (unpaired) electrons. The van der Waals surface area contributed by atoms with Gasteiger partial charge in [0.15, 0.2) is 0 Å². The molecule has 1 N–H and O–H groups in total. The van der Waals surface area contributed by atoms with E-state index in [9.17, 15) is 9.59 Å². The van der Waals surface area contributed by atoms with E-state index in [2.05, 4.69) is 42.3 Å². The number of ether oxygens (including phenoxy) is 1. The molecule has 32 heavy (non-hydrogen) atoms. The first-order chi connectivity index (χ1) is 15.1. The monoisotopic (exact) mass is 455 g/mol. The maximum atomic E-state index is 13.2. The van der Waals surface area contributed by atoms with Crippen LogP contribution in [0.2, 0.25) is 0 Å². The zero-order valence-electron chi connectivity index (χ0n) is 19.6. The molecule has 0 saturated carbocycles. The minimum Gasteiger partial charge on any atom is -0.444 e. The van der Waals surface area contributed by atoms with Crippen LogP contribution in [0.5, 0.6) is 0 Å². The van der Waals surface area contributed by atoms with Crippen LogP contribution in [0.15, 0.2) is 46.5 Å².